The third-order valence-electron chi connectivity index (χ3n) is 3.78. The van der Waals surface area contributed by atoms with Gasteiger partial charge in [0.2, 0.25) is 0 Å². The Balaban J connectivity index is 1.89. The van der Waals surface area contributed by atoms with E-state index in [1.54, 1.807) is 0 Å². The first-order valence-corrected chi connectivity index (χ1v) is 8.52. The average Bonchev–Trinajstić information content (AvgIpc) is 2.57. The Bertz CT molecular complexity index is 798. The normalized spacial score (nSPS) is 11.1. The number of amides is 1. The molecule has 0 bridgehead atoms. The molecule has 2 aromatic rings. The molecule has 7 heteroatoms. The van der Waals surface area contributed by atoms with Crippen molar-refractivity contribution in [1.29, 1.82) is 0 Å². The molecular weight excluding hydrogens is 356 g/mol. The summed E-state index contributed by atoms with van der Waals surface area (Å²) in [6, 6.07) is 11.6. The Morgan fingerprint density at radius 2 is 1.85 bits per heavy atom. The van der Waals surface area contributed by atoms with Crippen LogP contribution in [0.3, 0.4) is 0 Å². The second kappa shape index (κ2) is 8.19. The van der Waals surface area contributed by atoms with Gasteiger partial charge in [-0.05, 0) is 35.2 Å². The summed E-state index contributed by atoms with van der Waals surface area (Å²) in [5.74, 6) is 0.131. The van der Waals surface area contributed by atoms with Crippen LogP contribution in [-0.2, 0) is 5.41 Å². The summed E-state index contributed by atoms with van der Waals surface area (Å²) in [5.41, 5.74) is 0.909. The number of nitrogens with zero attached hydrogens (tertiary/aromatic N) is 1. The number of carbonyl (C=O) groups is 1. The van der Waals surface area contributed by atoms with Crippen molar-refractivity contribution in [3.05, 3.63) is 68.7 Å². The molecule has 0 atom stereocenters. The molecule has 138 valence electrons. The van der Waals surface area contributed by atoms with E-state index < -0.39 is 10.8 Å². The van der Waals surface area contributed by atoms with E-state index in [2.05, 4.69) is 26.1 Å². The minimum absolute atomic E-state index is 0.0676. The second-order valence-corrected chi connectivity index (χ2v) is 7.23. The largest absolute Gasteiger partial charge is 0.492 e. The standard InChI is InChI=1S/C19H21ClN2O4/c1-19(2,3)13-4-7-15(8-5-13)26-11-10-21-18(23)16-12-14(20)6-9-17(16)22(24)25/h4-9,12H,10-11H2,1-3H3,(H,21,23). The molecular formula is C19H21ClN2O4. The van der Waals surface area contributed by atoms with E-state index in [-0.39, 0.29) is 34.8 Å². The zero-order chi connectivity index (χ0) is 19.3. The van der Waals surface area contributed by atoms with E-state index >= 15 is 0 Å². The summed E-state index contributed by atoms with van der Waals surface area (Å²) in [5, 5.41) is 13.9. The number of rotatable bonds is 6. The molecule has 0 aliphatic carbocycles. The lowest BCUT2D eigenvalue weighted by molar-refractivity contribution is -0.385. The van der Waals surface area contributed by atoms with Crippen molar-refractivity contribution < 1.29 is 14.5 Å². The Morgan fingerprint density at radius 1 is 1.19 bits per heavy atom. The maximum Gasteiger partial charge on any atom is 0.282 e. The summed E-state index contributed by atoms with van der Waals surface area (Å²) in [6.45, 7) is 6.85. The van der Waals surface area contributed by atoms with Gasteiger partial charge < -0.3 is 10.1 Å². The van der Waals surface area contributed by atoms with Gasteiger partial charge in [-0.2, -0.15) is 0 Å². The van der Waals surface area contributed by atoms with E-state index in [1.807, 2.05) is 24.3 Å². The zero-order valence-electron chi connectivity index (χ0n) is 14.9. The minimum Gasteiger partial charge on any atom is -0.492 e. The molecule has 0 radical (unpaired) electrons. The van der Waals surface area contributed by atoms with Crippen molar-refractivity contribution >= 4 is 23.2 Å². The van der Waals surface area contributed by atoms with Crippen LogP contribution in [0.5, 0.6) is 5.75 Å². The van der Waals surface area contributed by atoms with Crippen LogP contribution in [0.4, 0.5) is 5.69 Å². The molecule has 0 spiro atoms. The van der Waals surface area contributed by atoms with E-state index in [9.17, 15) is 14.9 Å². The van der Waals surface area contributed by atoms with Crippen LogP contribution >= 0.6 is 11.6 Å². The van der Waals surface area contributed by atoms with Crippen LogP contribution < -0.4 is 10.1 Å². The highest BCUT2D eigenvalue weighted by molar-refractivity contribution is 6.31. The van der Waals surface area contributed by atoms with Gasteiger partial charge in [0.05, 0.1) is 11.5 Å². The van der Waals surface area contributed by atoms with Crippen LogP contribution in [0.25, 0.3) is 0 Å². The van der Waals surface area contributed by atoms with Crippen molar-refractivity contribution in [2.75, 3.05) is 13.2 Å². The van der Waals surface area contributed by atoms with E-state index in [0.717, 1.165) is 0 Å². The molecule has 0 fully saturated rings. The van der Waals surface area contributed by atoms with Gasteiger partial charge in [0.25, 0.3) is 11.6 Å². The van der Waals surface area contributed by atoms with Crippen LogP contribution in [0, 0.1) is 10.1 Å². The van der Waals surface area contributed by atoms with Gasteiger partial charge in [0, 0.05) is 11.1 Å². The number of carbonyl (C=O) groups excluding carboxylic acids is 1. The van der Waals surface area contributed by atoms with Gasteiger partial charge in [-0.15, -0.1) is 0 Å². The lowest BCUT2D eigenvalue weighted by atomic mass is 9.87. The fraction of sp³-hybridized carbons (Fsp3) is 0.316. The number of benzene rings is 2. The first-order chi connectivity index (χ1) is 12.2. The molecule has 0 aromatic heterocycles. The quantitative estimate of drug-likeness (QED) is 0.461. The first kappa shape index (κ1) is 19.7. The highest BCUT2D eigenvalue weighted by atomic mass is 35.5. The third-order valence-corrected chi connectivity index (χ3v) is 4.01. The molecule has 2 rings (SSSR count). The van der Waals surface area contributed by atoms with Crippen molar-refractivity contribution in [2.24, 2.45) is 0 Å². The van der Waals surface area contributed by atoms with E-state index in [1.165, 1.54) is 23.8 Å². The minimum atomic E-state index is -0.613. The second-order valence-electron chi connectivity index (χ2n) is 6.80. The number of halogens is 1. The number of nitro groups is 1. The third kappa shape index (κ3) is 5.20. The highest BCUT2D eigenvalue weighted by Gasteiger charge is 2.20. The number of hydrogen-bond donors (Lipinski definition) is 1. The Hall–Kier alpha value is -2.60. The van der Waals surface area contributed by atoms with Gasteiger partial charge >= 0.3 is 0 Å². The topological polar surface area (TPSA) is 81.5 Å². The Kier molecular flexibility index (Phi) is 6.21. The maximum atomic E-state index is 12.2. The van der Waals surface area contributed by atoms with Gasteiger partial charge in [0.15, 0.2) is 0 Å². The molecule has 26 heavy (non-hydrogen) atoms. The van der Waals surface area contributed by atoms with Gasteiger partial charge in [-0.25, -0.2) is 0 Å². The molecule has 0 aliphatic rings. The molecule has 1 N–H and O–H groups in total. The van der Waals surface area contributed by atoms with Crippen molar-refractivity contribution in [2.45, 2.75) is 26.2 Å². The summed E-state index contributed by atoms with van der Waals surface area (Å²) >= 11 is 5.82. The van der Waals surface area contributed by atoms with Crippen LogP contribution in [0.1, 0.15) is 36.7 Å². The van der Waals surface area contributed by atoms with E-state index in [4.69, 9.17) is 16.3 Å². The predicted octanol–water partition coefficient (Wildman–Crippen LogP) is 4.35. The fourth-order valence-corrected chi connectivity index (χ4v) is 2.50. The summed E-state index contributed by atoms with van der Waals surface area (Å²) < 4.78 is 5.59. The van der Waals surface area contributed by atoms with Crippen LogP contribution in [-0.4, -0.2) is 24.0 Å². The average molecular weight is 377 g/mol. The predicted molar refractivity (Wildman–Crippen MR) is 101 cm³/mol. The number of ether oxygens (including phenoxy) is 1. The summed E-state index contributed by atoms with van der Waals surface area (Å²) in [7, 11) is 0. The number of hydrogen-bond acceptors (Lipinski definition) is 4. The molecule has 2 aromatic carbocycles. The lowest BCUT2D eigenvalue weighted by Gasteiger charge is -2.19. The smallest absolute Gasteiger partial charge is 0.282 e. The molecule has 0 saturated heterocycles. The molecule has 0 heterocycles. The van der Waals surface area contributed by atoms with Gasteiger partial charge in [-0.1, -0.05) is 44.5 Å². The first-order valence-electron chi connectivity index (χ1n) is 8.14. The molecule has 1 amide bonds. The highest BCUT2D eigenvalue weighted by Crippen LogP contribution is 2.24. The van der Waals surface area contributed by atoms with Crippen LogP contribution in [0.15, 0.2) is 42.5 Å². The zero-order valence-corrected chi connectivity index (χ0v) is 15.7. The maximum absolute atomic E-state index is 12.2. The fourth-order valence-electron chi connectivity index (χ4n) is 2.33. The van der Waals surface area contributed by atoms with Crippen LogP contribution in [0.2, 0.25) is 5.02 Å². The molecule has 6 nitrogen and oxygen atoms in total. The molecule has 0 aliphatic heterocycles. The number of nitro benzene ring substituents is 1. The monoisotopic (exact) mass is 376 g/mol. The number of nitrogens with one attached hydrogen (secondary N) is 1. The molecule has 0 saturated carbocycles. The Labute approximate surface area is 157 Å². The SMILES string of the molecule is CC(C)(C)c1ccc(OCCNC(=O)c2cc(Cl)ccc2[N+](=O)[O-])cc1. The van der Waals surface area contributed by atoms with Crippen molar-refractivity contribution in [3.63, 3.8) is 0 Å². The van der Waals surface area contributed by atoms with Gasteiger partial charge in [0.1, 0.15) is 17.9 Å². The Morgan fingerprint density at radius 3 is 2.42 bits per heavy atom. The van der Waals surface area contributed by atoms with Crippen molar-refractivity contribution in [1.82, 2.24) is 5.32 Å². The van der Waals surface area contributed by atoms with Crippen molar-refractivity contribution in [3.8, 4) is 5.75 Å². The lowest BCUT2D eigenvalue weighted by Crippen LogP contribution is -2.28. The molecule has 0 unspecified atom stereocenters. The summed E-state index contributed by atoms with van der Waals surface area (Å²) in [6.07, 6.45) is 0. The summed E-state index contributed by atoms with van der Waals surface area (Å²) in [4.78, 5) is 22.6. The van der Waals surface area contributed by atoms with Gasteiger partial charge in [-0.3, -0.25) is 14.9 Å². The van der Waals surface area contributed by atoms with E-state index in [0.29, 0.717) is 5.75 Å².